The van der Waals surface area contributed by atoms with Crippen molar-refractivity contribution in [2.75, 3.05) is 6.61 Å². The fourth-order valence-corrected chi connectivity index (χ4v) is 1.74. The second-order valence-electron chi connectivity index (χ2n) is 3.90. The average molecular weight is 230 g/mol. The molecule has 1 saturated heterocycles. The molecule has 0 amide bonds. The van der Waals surface area contributed by atoms with E-state index in [1.165, 1.54) is 0 Å². The van der Waals surface area contributed by atoms with Crippen molar-refractivity contribution in [3.05, 3.63) is 30.3 Å². The van der Waals surface area contributed by atoms with E-state index in [-0.39, 0.29) is 6.10 Å². The molecule has 1 aromatic heterocycles. The molecule has 1 atom stereocenters. The normalized spacial score (nSPS) is 19.8. The van der Waals surface area contributed by atoms with Crippen molar-refractivity contribution in [2.45, 2.75) is 13.0 Å². The second kappa shape index (κ2) is 4.27. The van der Waals surface area contributed by atoms with Crippen LogP contribution in [0.3, 0.4) is 0 Å². The van der Waals surface area contributed by atoms with Crippen molar-refractivity contribution in [3.63, 3.8) is 0 Å². The molecular weight excluding hydrogens is 219 g/mol. The van der Waals surface area contributed by atoms with Gasteiger partial charge in [0.15, 0.2) is 5.82 Å². The Balaban J connectivity index is 1.95. The lowest BCUT2D eigenvalue weighted by molar-refractivity contribution is 0.254. The topological polar surface area (TPSA) is 62.1 Å². The zero-order chi connectivity index (χ0) is 11.7. The molecule has 1 aromatic carbocycles. The van der Waals surface area contributed by atoms with Crippen LogP contribution in [0.4, 0.5) is 0 Å². The Morgan fingerprint density at radius 3 is 2.88 bits per heavy atom. The van der Waals surface area contributed by atoms with Crippen LogP contribution >= 0.6 is 0 Å². The van der Waals surface area contributed by atoms with Gasteiger partial charge in [-0.1, -0.05) is 35.5 Å². The third-order valence-corrected chi connectivity index (χ3v) is 2.55. The molecule has 17 heavy (non-hydrogen) atoms. The molecule has 1 aliphatic heterocycles. The van der Waals surface area contributed by atoms with Crippen molar-refractivity contribution in [1.29, 1.82) is 0 Å². The largest absolute Gasteiger partial charge is 0.618 e. The number of aromatic nitrogens is 4. The first-order valence-electron chi connectivity index (χ1n) is 5.45. The predicted molar refractivity (Wildman–Crippen MR) is 60.9 cm³/mol. The van der Waals surface area contributed by atoms with Gasteiger partial charge >= 0.3 is 7.25 Å². The molecule has 1 unspecified atom stereocenters. The molecule has 0 saturated carbocycles. The molecule has 3 rings (SSSR count). The fraction of sp³-hybridized carbons (Fsp3) is 0.300. The van der Waals surface area contributed by atoms with E-state index in [9.17, 15) is 0 Å². The molecule has 0 N–H and O–H groups in total. The van der Waals surface area contributed by atoms with Crippen LogP contribution in [0.2, 0.25) is 0 Å². The summed E-state index contributed by atoms with van der Waals surface area (Å²) in [6, 6.07) is 9.71. The first kappa shape index (κ1) is 10.4. The summed E-state index contributed by atoms with van der Waals surface area (Å²) in [5.74, 6) is 0.643. The number of benzene rings is 1. The van der Waals surface area contributed by atoms with Crippen LogP contribution in [0.1, 0.15) is 6.92 Å². The van der Waals surface area contributed by atoms with Crippen LogP contribution in [0, 0.1) is 0 Å². The van der Waals surface area contributed by atoms with Crippen LogP contribution in [0.25, 0.3) is 11.4 Å². The summed E-state index contributed by atoms with van der Waals surface area (Å²) in [5, 5.41) is 11.6. The van der Waals surface area contributed by atoms with Gasteiger partial charge in [0.05, 0.1) is 12.7 Å². The SMILES string of the molecule is CC1COB(n2nnnc2-c2ccccc2)O1. The maximum atomic E-state index is 5.57. The summed E-state index contributed by atoms with van der Waals surface area (Å²) >= 11 is 0. The van der Waals surface area contributed by atoms with Crippen molar-refractivity contribution in [3.8, 4) is 11.4 Å². The maximum absolute atomic E-state index is 5.57. The Morgan fingerprint density at radius 2 is 2.18 bits per heavy atom. The minimum Gasteiger partial charge on any atom is -0.388 e. The minimum absolute atomic E-state index is 0.0628. The number of nitrogens with zero attached hydrogens (tertiary/aromatic N) is 4. The number of hydrogen-bond donors (Lipinski definition) is 0. The fourth-order valence-electron chi connectivity index (χ4n) is 1.74. The van der Waals surface area contributed by atoms with Gasteiger partial charge in [-0.05, 0) is 12.1 Å². The van der Waals surface area contributed by atoms with E-state index in [2.05, 4.69) is 15.5 Å². The van der Waals surface area contributed by atoms with Gasteiger partial charge < -0.3 is 9.31 Å². The molecule has 2 aromatic rings. The van der Waals surface area contributed by atoms with Gasteiger partial charge in [-0.3, -0.25) is 0 Å². The molecule has 0 bridgehead atoms. The second-order valence-corrected chi connectivity index (χ2v) is 3.90. The molecule has 1 aliphatic rings. The lowest BCUT2D eigenvalue weighted by Crippen LogP contribution is -2.29. The lowest BCUT2D eigenvalue weighted by atomic mass is 10.1. The quantitative estimate of drug-likeness (QED) is 0.707. The summed E-state index contributed by atoms with van der Waals surface area (Å²) in [6.45, 7) is 2.51. The van der Waals surface area contributed by atoms with Gasteiger partial charge in [-0.2, -0.15) is 0 Å². The van der Waals surface area contributed by atoms with Gasteiger partial charge in [-0.15, -0.1) is 5.10 Å². The smallest absolute Gasteiger partial charge is 0.388 e. The molecule has 2 heterocycles. The third kappa shape index (κ3) is 1.94. The number of hydrogen-bond acceptors (Lipinski definition) is 5. The van der Waals surface area contributed by atoms with Gasteiger partial charge in [-0.25, -0.2) is 4.59 Å². The Labute approximate surface area is 98.7 Å². The summed E-state index contributed by atoms with van der Waals surface area (Å²) in [6.07, 6.45) is 0.0628. The van der Waals surface area contributed by atoms with E-state index in [1.54, 1.807) is 4.59 Å². The summed E-state index contributed by atoms with van der Waals surface area (Å²) < 4.78 is 12.6. The monoisotopic (exact) mass is 230 g/mol. The van der Waals surface area contributed by atoms with E-state index in [0.29, 0.717) is 12.4 Å². The van der Waals surface area contributed by atoms with Crippen LogP contribution in [-0.2, 0) is 9.31 Å². The third-order valence-electron chi connectivity index (χ3n) is 2.55. The molecular formula is C10H11BN4O2. The Morgan fingerprint density at radius 1 is 1.35 bits per heavy atom. The zero-order valence-corrected chi connectivity index (χ0v) is 9.35. The highest BCUT2D eigenvalue weighted by Gasteiger charge is 2.35. The van der Waals surface area contributed by atoms with E-state index in [1.807, 2.05) is 37.3 Å². The predicted octanol–water partition coefficient (Wildman–Crippen LogP) is 0.608. The summed E-state index contributed by atoms with van der Waals surface area (Å²) in [5.41, 5.74) is 0.934. The van der Waals surface area contributed by atoms with Crippen LogP contribution < -0.4 is 0 Å². The molecule has 6 nitrogen and oxygen atoms in total. The molecule has 7 heteroatoms. The highest BCUT2D eigenvalue weighted by Crippen LogP contribution is 2.18. The molecule has 0 aliphatic carbocycles. The average Bonchev–Trinajstić information content (AvgIpc) is 2.98. The first-order chi connectivity index (χ1) is 8.34. The highest BCUT2D eigenvalue weighted by atomic mass is 16.7. The zero-order valence-electron chi connectivity index (χ0n) is 9.35. The van der Waals surface area contributed by atoms with Gasteiger partial charge in [0.25, 0.3) is 0 Å². The maximum Gasteiger partial charge on any atom is 0.618 e. The van der Waals surface area contributed by atoms with E-state index in [0.717, 1.165) is 5.56 Å². The molecule has 0 spiro atoms. The number of tetrazole rings is 1. The molecule has 86 valence electrons. The summed E-state index contributed by atoms with van der Waals surface area (Å²) in [7, 11) is -0.532. The van der Waals surface area contributed by atoms with Crippen molar-refractivity contribution in [1.82, 2.24) is 20.1 Å². The van der Waals surface area contributed by atoms with Gasteiger partial charge in [0, 0.05) is 5.56 Å². The van der Waals surface area contributed by atoms with Crippen molar-refractivity contribution in [2.24, 2.45) is 0 Å². The number of rotatable bonds is 2. The first-order valence-corrected chi connectivity index (χ1v) is 5.45. The summed E-state index contributed by atoms with van der Waals surface area (Å²) in [4.78, 5) is 0. The van der Waals surface area contributed by atoms with E-state index in [4.69, 9.17) is 9.31 Å². The van der Waals surface area contributed by atoms with Crippen molar-refractivity contribution < 1.29 is 9.31 Å². The van der Waals surface area contributed by atoms with E-state index < -0.39 is 7.25 Å². The van der Waals surface area contributed by atoms with Gasteiger partial charge in [0.1, 0.15) is 0 Å². The Hall–Kier alpha value is -1.73. The van der Waals surface area contributed by atoms with Crippen molar-refractivity contribution >= 4 is 7.25 Å². The molecule has 0 radical (unpaired) electrons. The van der Waals surface area contributed by atoms with Crippen LogP contribution in [0.15, 0.2) is 30.3 Å². The highest BCUT2D eigenvalue weighted by molar-refractivity contribution is 6.43. The minimum atomic E-state index is -0.532. The van der Waals surface area contributed by atoms with Crippen LogP contribution in [-0.4, -0.2) is 40.1 Å². The van der Waals surface area contributed by atoms with E-state index >= 15 is 0 Å². The molecule has 1 fully saturated rings. The Kier molecular flexibility index (Phi) is 2.62. The van der Waals surface area contributed by atoms with Gasteiger partial charge in [0.2, 0.25) is 0 Å². The van der Waals surface area contributed by atoms with Crippen LogP contribution in [0.5, 0.6) is 0 Å². The Bertz CT molecular complexity index is 504. The lowest BCUT2D eigenvalue weighted by Gasteiger charge is -2.06. The standard InChI is InChI=1S/C10H11BN4O2/c1-8-7-16-11(17-8)15-10(12-13-14-15)9-5-3-2-4-6-9/h2-6,8H,7H2,1H3.